The number of ether oxygens (including phenoxy) is 2. The Labute approximate surface area is 217 Å². The zero-order valence-corrected chi connectivity index (χ0v) is 23.8. The fourth-order valence-corrected chi connectivity index (χ4v) is 4.93. The van der Waals surface area contributed by atoms with Crippen molar-refractivity contribution in [3.8, 4) is 17.1 Å². The van der Waals surface area contributed by atoms with Crippen molar-refractivity contribution in [3.05, 3.63) is 54.6 Å². The van der Waals surface area contributed by atoms with Crippen LogP contribution in [-0.4, -0.2) is 17.2 Å². The highest BCUT2D eigenvalue weighted by Crippen LogP contribution is 2.39. The lowest BCUT2D eigenvalue weighted by atomic mass is 9.72. The number of benzene rings is 2. The van der Waals surface area contributed by atoms with Gasteiger partial charge in [0.15, 0.2) is 0 Å². The first-order valence-electron chi connectivity index (χ1n) is 13.0. The maximum atomic E-state index is 13.3. The van der Waals surface area contributed by atoms with Gasteiger partial charge in [-0.1, -0.05) is 71.9 Å². The van der Waals surface area contributed by atoms with E-state index in [1.165, 1.54) is 0 Å². The molecule has 1 unspecified atom stereocenters. The standard InChI is InChI=1S/C32H44O4/c1-29(2,3)20-25(30(4,5)6)28(33)36-32(9,10)21-31(7,8)35-24-17-16-23-18-26(34-27(23)19-24)22-14-12-11-13-15-22/h11-19,25H,20-21H2,1-10H3. The minimum atomic E-state index is -0.683. The fraction of sp³-hybridized carbons (Fsp3) is 0.531. The lowest BCUT2D eigenvalue weighted by molar-refractivity contribution is -0.170. The molecule has 1 heterocycles. The lowest BCUT2D eigenvalue weighted by Crippen LogP contribution is -2.43. The van der Waals surface area contributed by atoms with Gasteiger partial charge in [-0.3, -0.25) is 4.79 Å². The van der Waals surface area contributed by atoms with Gasteiger partial charge in [0, 0.05) is 23.4 Å². The van der Waals surface area contributed by atoms with E-state index in [-0.39, 0.29) is 22.7 Å². The number of esters is 1. The van der Waals surface area contributed by atoms with Crippen molar-refractivity contribution >= 4 is 16.9 Å². The Morgan fingerprint density at radius 1 is 0.833 bits per heavy atom. The molecule has 2 aromatic carbocycles. The van der Waals surface area contributed by atoms with Crippen molar-refractivity contribution in [2.45, 2.75) is 93.3 Å². The molecule has 0 radical (unpaired) electrons. The Kier molecular flexibility index (Phi) is 7.70. The average molecular weight is 493 g/mol. The molecule has 0 spiro atoms. The van der Waals surface area contributed by atoms with E-state index in [1.807, 2.05) is 82.3 Å². The van der Waals surface area contributed by atoms with Gasteiger partial charge in [-0.15, -0.1) is 0 Å². The minimum absolute atomic E-state index is 0.0361. The number of fused-ring (bicyclic) bond motifs is 1. The molecule has 3 aromatic rings. The Morgan fingerprint density at radius 3 is 2.06 bits per heavy atom. The molecule has 3 rings (SSSR count). The lowest BCUT2D eigenvalue weighted by Gasteiger charge is -2.39. The van der Waals surface area contributed by atoms with Crippen LogP contribution in [0.1, 0.15) is 82.1 Å². The number of hydrogen-bond acceptors (Lipinski definition) is 4. The van der Waals surface area contributed by atoms with Crippen molar-refractivity contribution < 1.29 is 18.7 Å². The number of furan rings is 1. The summed E-state index contributed by atoms with van der Waals surface area (Å²) in [6.45, 7) is 20.8. The van der Waals surface area contributed by atoms with Crippen molar-refractivity contribution in [2.75, 3.05) is 0 Å². The molecule has 0 aliphatic rings. The molecule has 0 bridgehead atoms. The minimum Gasteiger partial charge on any atom is -0.488 e. The Hall–Kier alpha value is -2.75. The van der Waals surface area contributed by atoms with E-state index in [9.17, 15) is 4.79 Å². The average Bonchev–Trinajstić information content (AvgIpc) is 3.13. The largest absolute Gasteiger partial charge is 0.488 e. The molecule has 4 heteroatoms. The molecule has 1 atom stereocenters. The second-order valence-electron chi connectivity index (χ2n) is 13.6. The maximum Gasteiger partial charge on any atom is 0.310 e. The number of rotatable bonds is 8. The van der Waals surface area contributed by atoms with Gasteiger partial charge < -0.3 is 13.9 Å². The van der Waals surface area contributed by atoms with Gasteiger partial charge in [-0.25, -0.2) is 0 Å². The molecular weight excluding hydrogens is 448 g/mol. The quantitative estimate of drug-likeness (QED) is 0.294. The van der Waals surface area contributed by atoms with E-state index in [4.69, 9.17) is 13.9 Å². The molecule has 0 fully saturated rings. The van der Waals surface area contributed by atoms with Crippen LogP contribution in [0.15, 0.2) is 59.0 Å². The highest BCUT2D eigenvalue weighted by atomic mass is 16.6. The van der Waals surface area contributed by atoms with Crippen molar-refractivity contribution in [1.29, 1.82) is 0 Å². The summed E-state index contributed by atoms with van der Waals surface area (Å²) < 4.78 is 18.6. The SMILES string of the molecule is CC(C)(C)CC(C(=O)OC(C)(C)CC(C)(C)Oc1ccc2cc(-c3ccccc3)oc2c1)C(C)(C)C. The number of carbonyl (C=O) groups is 1. The van der Waals surface area contributed by atoms with Crippen LogP contribution in [-0.2, 0) is 9.53 Å². The summed E-state index contributed by atoms with van der Waals surface area (Å²) in [5.74, 6) is 1.24. The zero-order chi connectivity index (χ0) is 26.9. The molecule has 36 heavy (non-hydrogen) atoms. The van der Waals surface area contributed by atoms with Gasteiger partial charge in [-0.05, 0) is 63.1 Å². The van der Waals surface area contributed by atoms with Gasteiger partial charge >= 0.3 is 5.97 Å². The van der Waals surface area contributed by atoms with Gasteiger partial charge in [0.1, 0.15) is 28.3 Å². The van der Waals surface area contributed by atoms with Crippen LogP contribution in [0, 0.1) is 16.7 Å². The smallest absolute Gasteiger partial charge is 0.310 e. The molecule has 0 N–H and O–H groups in total. The van der Waals surface area contributed by atoms with E-state index in [1.54, 1.807) is 0 Å². The summed E-state index contributed by atoms with van der Waals surface area (Å²) in [6, 6.07) is 18.0. The van der Waals surface area contributed by atoms with E-state index >= 15 is 0 Å². The van der Waals surface area contributed by atoms with Crippen LogP contribution in [0.2, 0.25) is 0 Å². The Balaban J connectivity index is 1.72. The predicted molar refractivity (Wildman–Crippen MR) is 148 cm³/mol. The first kappa shape index (κ1) is 27.8. The van der Waals surface area contributed by atoms with Gasteiger partial charge in [0.05, 0.1) is 5.92 Å². The van der Waals surface area contributed by atoms with Crippen LogP contribution in [0.5, 0.6) is 5.75 Å². The topological polar surface area (TPSA) is 48.7 Å². The first-order chi connectivity index (χ1) is 16.4. The Morgan fingerprint density at radius 2 is 1.47 bits per heavy atom. The normalized spacial score (nSPS) is 14.1. The Bertz CT molecular complexity index is 1170. The van der Waals surface area contributed by atoms with Crippen LogP contribution >= 0.6 is 0 Å². The second kappa shape index (κ2) is 9.95. The van der Waals surface area contributed by atoms with Crippen LogP contribution in [0.25, 0.3) is 22.3 Å². The second-order valence-corrected chi connectivity index (χ2v) is 13.6. The zero-order valence-electron chi connectivity index (χ0n) is 23.8. The summed E-state index contributed by atoms with van der Waals surface area (Å²) in [7, 11) is 0. The molecule has 196 valence electrons. The van der Waals surface area contributed by atoms with Crippen molar-refractivity contribution in [3.63, 3.8) is 0 Å². The maximum absolute atomic E-state index is 13.3. The molecule has 0 saturated carbocycles. The number of carbonyl (C=O) groups excluding carboxylic acids is 1. The van der Waals surface area contributed by atoms with Gasteiger partial charge in [0.2, 0.25) is 0 Å². The summed E-state index contributed by atoms with van der Waals surface area (Å²) in [6.07, 6.45) is 1.32. The van der Waals surface area contributed by atoms with Gasteiger partial charge in [-0.2, -0.15) is 0 Å². The first-order valence-corrected chi connectivity index (χ1v) is 13.0. The molecule has 1 aromatic heterocycles. The molecule has 0 aliphatic heterocycles. The van der Waals surface area contributed by atoms with Crippen molar-refractivity contribution in [2.24, 2.45) is 16.7 Å². The van der Waals surface area contributed by atoms with Crippen LogP contribution < -0.4 is 4.74 Å². The third-order valence-corrected chi connectivity index (χ3v) is 6.32. The third-order valence-electron chi connectivity index (χ3n) is 6.32. The van der Waals surface area contributed by atoms with E-state index in [0.29, 0.717) is 6.42 Å². The van der Waals surface area contributed by atoms with Crippen LogP contribution in [0.4, 0.5) is 0 Å². The third kappa shape index (κ3) is 7.62. The highest BCUT2D eigenvalue weighted by Gasteiger charge is 2.40. The van der Waals surface area contributed by atoms with Crippen molar-refractivity contribution in [1.82, 2.24) is 0 Å². The molecular formula is C32H44O4. The summed E-state index contributed by atoms with van der Waals surface area (Å²) in [4.78, 5) is 13.3. The van der Waals surface area contributed by atoms with E-state index in [2.05, 4.69) is 41.5 Å². The van der Waals surface area contributed by atoms with Crippen LogP contribution in [0.3, 0.4) is 0 Å². The number of hydrogen-bond donors (Lipinski definition) is 0. The summed E-state index contributed by atoms with van der Waals surface area (Å²) >= 11 is 0. The predicted octanol–water partition coefficient (Wildman–Crippen LogP) is 9.07. The molecule has 4 nitrogen and oxygen atoms in total. The van der Waals surface area contributed by atoms with E-state index in [0.717, 1.165) is 34.5 Å². The van der Waals surface area contributed by atoms with E-state index < -0.39 is 11.2 Å². The fourth-order valence-electron chi connectivity index (χ4n) is 4.93. The van der Waals surface area contributed by atoms with Gasteiger partial charge in [0.25, 0.3) is 0 Å². The molecule has 0 amide bonds. The highest BCUT2D eigenvalue weighted by molar-refractivity contribution is 5.84. The molecule has 0 saturated heterocycles. The summed E-state index contributed by atoms with van der Waals surface area (Å²) in [5, 5.41) is 1.03. The monoisotopic (exact) mass is 492 g/mol. The summed E-state index contributed by atoms with van der Waals surface area (Å²) in [5.41, 5.74) is 0.436. The molecule has 0 aliphatic carbocycles.